The van der Waals surface area contributed by atoms with Crippen LogP contribution in [0.1, 0.15) is 63.0 Å². The average molecular weight is 699 g/mol. The van der Waals surface area contributed by atoms with Crippen LogP contribution in [0.3, 0.4) is 0 Å². The molecule has 47 heavy (non-hydrogen) atoms. The summed E-state index contributed by atoms with van der Waals surface area (Å²) >= 11 is 12.3. The van der Waals surface area contributed by atoms with Crippen LogP contribution in [0.4, 0.5) is 5.69 Å². The van der Waals surface area contributed by atoms with Crippen LogP contribution in [-0.4, -0.2) is 63.2 Å². The normalized spacial score (nSPS) is 24.1. The Bertz CT molecular complexity index is 1640. The van der Waals surface area contributed by atoms with E-state index in [2.05, 4.69) is 40.5 Å². The van der Waals surface area contributed by atoms with E-state index in [1.54, 1.807) is 6.92 Å². The van der Waals surface area contributed by atoms with Crippen LogP contribution in [0.15, 0.2) is 77.7 Å². The predicted octanol–water partition coefficient (Wildman–Crippen LogP) is 7.29. The summed E-state index contributed by atoms with van der Waals surface area (Å²) in [6.45, 7) is 4.82. The number of ether oxygens (including phenoxy) is 1. The van der Waals surface area contributed by atoms with Gasteiger partial charge in [0.2, 0.25) is 5.91 Å². The van der Waals surface area contributed by atoms with Gasteiger partial charge in [-0.15, -0.1) is 0 Å². The van der Waals surface area contributed by atoms with E-state index >= 15 is 0 Å². The highest BCUT2D eigenvalue weighted by atomic mass is 35.5. The summed E-state index contributed by atoms with van der Waals surface area (Å²) < 4.78 is 35.5. The molecule has 3 aromatic rings. The number of fused-ring (bicyclic) bond motifs is 1. The molecule has 1 saturated carbocycles. The predicted molar refractivity (Wildman–Crippen MR) is 189 cm³/mol. The van der Waals surface area contributed by atoms with Crippen LogP contribution in [0.5, 0.6) is 0 Å². The molecule has 7 nitrogen and oxygen atoms in total. The SMILES string of the molecule is CC(OCC1CCc2ccccc2N1S(=O)(=O)c1ccc(Cl)c(Cl)c1)C(=O)NCC1CCC(Cc2ccccc2)(N2CCCC2)CC1. The van der Waals surface area contributed by atoms with Gasteiger partial charge in [0.05, 0.1) is 33.3 Å². The van der Waals surface area contributed by atoms with Gasteiger partial charge in [0.15, 0.2) is 0 Å². The number of hydrogen-bond donors (Lipinski definition) is 1. The van der Waals surface area contributed by atoms with Crippen molar-refractivity contribution < 1.29 is 17.9 Å². The van der Waals surface area contributed by atoms with Crippen LogP contribution in [0.2, 0.25) is 10.0 Å². The van der Waals surface area contributed by atoms with Gasteiger partial charge in [0.25, 0.3) is 10.0 Å². The van der Waals surface area contributed by atoms with Crippen molar-refractivity contribution in [3.63, 3.8) is 0 Å². The molecule has 2 fully saturated rings. The zero-order valence-corrected chi connectivity index (χ0v) is 29.4. The first-order valence-electron chi connectivity index (χ1n) is 16.9. The lowest BCUT2D eigenvalue weighted by molar-refractivity contribution is -0.132. The number of benzene rings is 3. The first-order chi connectivity index (χ1) is 22.7. The molecule has 0 aromatic heterocycles. The van der Waals surface area contributed by atoms with E-state index in [9.17, 15) is 13.2 Å². The molecule has 252 valence electrons. The third-order valence-electron chi connectivity index (χ3n) is 10.4. The molecular formula is C37H45Cl2N3O4S. The molecular weight excluding hydrogens is 653 g/mol. The van der Waals surface area contributed by atoms with Crippen LogP contribution < -0.4 is 9.62 Å². The van der Waals surface area contributed by atoms with Gasteiger partial charge in [-0.25, -0.2) is 8.42 Å². The van der Waals surface area contributed by atoms with Crippen LogP contribution in [-0.2, 0) is 32.4 Å². The molecule has 3 aliphatic rings. The lowest BCUT2D eigenvalue weighted by atomic mass is 9.72. The largest absolute Gasteiger partial charge is 0.367 e. The van der Waals surface area contributed by atoms with E-state index in [1.807, 2.05) is 24.3 Å². The smallest absolute Gasteiger partial charge is 0.264 e. The first-order valence-corrected chi connectivity index (χ1v) is 19.1. The van der Waals surface area contributed by atoms with Crippen molar-refractivity contribution in [3.8, 4) is 0 Å². The number of nitrogens with one attached hydrogen (secondary N) is 1. The summed E-state index contributed by atoms with van der Waals surface area (Å²) in [4.78, 5) is 16.0. The highest BCUT2D eigenvalue weighted by Gasteiger charge is 2.41. The third kappa shape index (κ3) is 7.67. The fourth-order valence-corrected chi connectivity index (χ4v) is 9.80. The van der Waals surface area contributed by atoms with Gasteiger partial charge in [-0.05, 0) is 119 Å². The number of amides is 1. The lowest BCUT2D eigenvalue weighted by Gasteiger charge is -2.47. The van der Waals surface area contributed by atoms with Crippen LogP contribution in [0, 0.1) is 5.92 Å². The number of para-hydroxylation sites is 1. The molecule has 1 saturated heterocycles. The van der Waals surface area contributed by atoms with Gasteiger partial charge >= 0.3 is 0 Å². The Morgan fingerprint density at radius 3 is 2.38 bits per heavy atom. The van der Waals surface area contributed by atoms with E-state index < -0.39 is 22.2 Å². The number of anilines is 1. The Labute approximate surface area is 289 Å². The fraction of sp³-hybridized carbons (Fsp3) is 0.486. The third-order valence-corrected chi connectivity index (χ3v) is 13.0. The maximum absolute atomic E-state index is 14.0. The quantitative estimate of drug-likeness (QED) is 0.228. The zero-order valence-electron chi connectivity index (χ0n) is 27.0. The van der Waals surface area contributed by atoms with Crippen LogP contribution in [0.25, 0.3) is 0 Å². The summed E-state index contributed by atoms with van der Waals surface area (Å²) in [6.07, 6.45) is 8.65. The minimum atomic E-state index is -3.99. The number of carbonyl (C=O) groups is 1. The number of carbonyl (C=O) groups excluding carboxylic acids is 1. The Balaban J connectivity index is 1.06. The number of nitrogens with zero attached hydrogens (tertiary/aromatic N) is 2. The highest BCUT2D eigenvalue weighted by molar-refractivity contribution is 7.92. The van der Waals surface area contributed by atoms with Crippen molar-refractivity contribution in [1.29, 1.82) is 0 Å². The van der Waals surface area contributed by atoms with E-state index in [0.717, 1.165) is 37.7 Å². The van der Waals surface area contributed by atoms with E-state index in [-0.39, 0.29) is 33.0 Å². The summed E-state index contributed by atoms with van der Waals surface area (Å²) in [5.41, 5.74) is 3.17. The van der Waals surface area contributed by atoms with Crippen molar-refractivity contribution in [2.45, 2.75) is 87.3 Å². The van der Waals surface area contributed by atoms with Gasteiger partial charge in [-0.1, -0.05) is 71.7 Å². The average Bonchev–Trinajstić information content (AvgIpc) is 3.64. The van der Waals surface area contributed by atoms with E-state index in [1.165, 1.54) is 54.0 Å². The van der Waals surface area contributed by atoms with Gasteiger partial charge in [-0.2, -0.15) is 0 Å². The molecule has 10 heteroatoms. The summed E-state index contributed by atoms with van der Waals surface area (Å²) in [7, 11) is -3.99. The van der Waals surface area contributed by atoms with Crippen molar-refractivity contribution >= 4 is 44.8 Å². The summed E-state index contributed by atoms with van der Waals surface area (Å²) in [6, 6.07) is 22.2. The lowest BCUT2D eigenvalue weighted by Crippen LogP contribution is -2.52. The Kier molecular flexibility index (Phi) is 10.8. The van der Waals surface area contributed by atoms with Gasteiger partial charge in [-0.3, -0.25) is 14.0 Å². The molecule has 3 aromatic carbocycles. The molecule has 6 rings (SSSR count). The van der Waals surface area contributed by atoms with Gasteiger partial charge < -0.3 is 10.1 Å². The number of hydrogen-bond acceptors (Lipinski definition) is 5. The number of rotatable bonds is 11. The Morgan fingerprint density at radius 1 is 0.957 bits per heavy atom. The second kappa shape index (κ2) is 14.9. The molecule has 0 bridgehead atoms. The molecule has 2 atom stereocenters. The number of likely N-dealkylation sites (tertiary alicyclic amines) is 1. The maximum atomic E-state index is 14.0. The highest BCUT2D eigenvalue weighted by Crippen LogP contribution is 2.41. The second-order valence-electron chi connectivity index (χ2n) is 13.4. The molecule has 1 amide bonds. The summed E-state index contributed by atoms with van der Waals surface area (Å²) in [5, 5.41) is 3.61. The molecule has 0 spiro atoms. The monoisotopic (exact) mass is 697 g/mol. The summed E-state index contributed by atoms with van der Waals surface area (Å²) in [5.74, 6) is 0.264. The van der Waals surface area contributed by atoms with Crippen molar-refractivity contribution in [2.24, 2.45) is 5.92 Å². The van der Waals surface area contributed by atoms with E-state index in [4.69, 9.17) is 27.9 Å². The molecule has 2 unspecified atom stereocenters. The Hall–Kier alpha value is -2.62. The number of halogens is 2. The molecule has 1 N–H and O–H groups in total. The van der Waals surface area contributed by atoms with Gasteiger partial charge in [0, 0.05) is 12.1 Å². The second-order valence-corrected chi connectivity index (χ2v) is 16.1. The number of aryl methyl sites for hydroxylation is 1. The van der Waals surface area contributed by atoms with Gasteiger partial charge in [0.1, 0.15) is 6.10 Å². The van der Waals surface area contributed by atoms with Crippen molar-refractivity contribution in [3.05, 3.63) is 94.0 Å². The topological polar surface area (TPSA) is 78.9 Å². The maximum Gasteiger partial charge on any atom is 0.264 e. The number of sulfonamides is 1. The minimum absolute atomic E-state index is 0.0596. The molecule has 2 heterocycles. The zero-order chi connectivity index (χ0) is 33.0. The molecule has 1 aliphatic carbocycles. The standard InChI is InChI=1S/C37H45Cl2N3O4S/c1-27(36(43)40-25-29-17-19-37(20-18-29,41-21-7-8-22-41)24-28-9-3-2-4-10-28)46-26-31-14-13-30-11-5-6-12-35(30)42(31)47(44,45)32-15-16-33(38)34(39)23-32/h2-6,9-12,15-16,23,27,29,31H,7-8,13-14,17-22,24-26H2,1H3,(H,40,43). The van der Waals surface area contributed by atoms with Crippen LogP contribution >= 0.6 is 23.2 Å². The Morgan fingerprint density at radius 2 is 1.66 bits per heavy atom. The van der Waals surface area contributed by atoms with Crippen molar-refractivity contribution in [2.75, 3.05) is 30.5 Å². The van der Waals surface area contributed by atoms with Crippen molar-refractivity contribution in [1.82, 2.24) is 10.2 Å². The minimum Gasteiger partial charge on any atom is -0.367 e. The fourth-order valence-electron chi connectivity index (χ4n) is 7.71. The molecule has 2 aliphatic heterocycles. The van der Waals surface area contributed by atoms with E-state index in [0.29, 0.717) is 31.0 Å². The molecule has 0 radical (unpaired) electrons. The first kappa shape index (κ1) is 34.3.